The fraction of sp³-hybridized carbons (Fsp3) is 0.542. The Morgan fingerprint density at radius 3 is 2.74 bits per heavy atom. The van der Waals surface area contributed by atoms with Crippen LogP contribution in [-0.2, 0) is 0 Å². The number of aryl methyl sites for hydroxylation is 1. The van der Waals surface area contributed by atoms with Crippen LogP contribution in [0, 0.1) is 18.2 Å². The molecule has 0 bridgehead atoms. The van der Waals surface area contributed by atoms with Gasteiger partial charge in [-0.3, -0.25) is 0 Å². The molecule has 2 unspecified atom stereocenters. The van der Waals surface area contributed by atoms with Crippen LogP contribution in [0.3, 0.4) is 0 Å². The van der Waals surface area contributed by atoms with Crippen molar-refractivity contribution in [1.29, 1.82) is 0 Å². The first-order valence-corrected chi connectivity index (χ1v) is 11.1. The molecule has 2 saturated heterocycles. The van der Waals surface area contributed by atoms with Crippen molar-refractivity contribution in [2.24, 2.45) is 5.41 Å². The molecule has 2 aliphatic rings. The Morgan fingerprint density at radius 2 is 2.00 bits per heavy atom. The lowest BCUT2D eigenvalue weighted by atomic mass is 9.76. The van der Waals surface area contributed by atoms with Gasteiger partial charge in [0.15, 0.2) is 0 Å². The largest absolute Gasteiger partial charge is 0.378 e. The van der Waals surface area contributed by atoms with Crippen molar-refractivity contribution in [1.82, 2.24) is 10.3 Å². The number of aromatic nitrogens is 1. The van der Waals surface area contributed by atoms with Gasteiger partial charge in [-0.25, -0.2) is 18.2 Å². The number of pyridine rings is 1. The maximum absolute atomic E-state index is 14.6. The summed E-state index contributed by atoms with van der Waals surface area (Å²) in [5.41, 5.74) is 1.70. The third-order valence-electron chi connectivity index (χ3n) is 6.73. The lowest BCUT2D eigenvalue weighted by Crippen LogP contribution is -2.43. The van der Waals surface area contributed by atoms with E-state index in [2.05, 4.69) is 22.5 Å². The van der Waals surface area contributed by atoms with Gasteiger partial charge in [-0.15, -0.1) is 0 Å². The maximum Gasteiger partial charge on any atom is 0.266 e. The number of piperidine rings is 1. The first-order valence-electron chi connectivity index (χ1n) is 11.1. The summed E-state index contributed by atoms with van der Waals surface area (Å²) in [6, 6.07) is 8.14. The van der Waals surface area contributed by atoms with Gasteiger partial charge in [-0.2, -0.15) is 0 Å². The Morgan fingerprint density at radius 1 is 1.23 bits per heavy atom. The molecule has 0 saturated carbocycles. The first-order chi connectivity index (χ1) is 14.8. The van der Waals surface area contributed by atoms with E-state index in [4.69, 9.17) is 4.98 Å². The summed E-state index contributed by atoms with van der Waals surface area (Å²) in [5.74, 6) is 0.0737. The summed E-state index contributed by atoms with van der Waals surface area (Å²) < 4.78 is 40.7. The van der Waals surface area contributed by atoms with Crippen molar-refractivity contribution in [2.75, 3.05) is 29.9 Å². The Kier molecular flexibility index (Phi) is 6.15. The van der Waals surface area contributed by atoms with Gasteiger partial charge < -0.3 is 15.5 Å². The molecule has 2 aliphatic heterocycles. The highest BCUT2D eigenvalue weighted by molar-refractivity contribution is 5.56. The molecule has 31 heavy (non-hydrogen) atoms. The van der Waals surface area contributed by atoms with Crippen LogP contribution in [-0.4, -0.2) is 30.7 Å². The van der Waals surface area contributed by atoms with Crippen molar-refractivity contribution in [3.05, 3.63) is 53.0 Å². The third-order valence-corrected chi connectivity index (χ3v) is 6.73. The number of anilines is 2. The summed E-state index contributed by atoms with van der Waals surface area (Å²) in [4.78, 5) is 7.09. The lowest BCUT2D eigenvalue weighted by molar-refractivity contribution is 0.146. The van der Waals surface area contributed by atoms with Crippen molar-refractivity contribution >= 4 is 11.5 Å². The summed E-state index contributed by atoms with van der Waals surface area (Å²) in [6.07, 6.45) is 0.695. The number of hydrogen-bond acceptors (Lipinski definition) is 4. The van der Waals surface area contributed by atoms with Gasteiger partial charge in [-0.1, -0.05) is 18.2 Å². The molecule has 4 rings (SSSR count). The van der Waals surface area contributed by atoms with E-state index in [0.717, 1.165) is 42.9 Å². The van der Waals surface area contributed by atoms with E-state index in [0.29, 0.717) is 11.5 Å². The van der Waals surface area contributed by atoms with Crippen LogP contribution in [0.1, 0.15) is 62.4 Å². The second-order valence-electron chi connectivity index (χ2n) is 9.25. The molecule has 2 N–H and O–H groups in total. The zero-order chi connectivity index (χ0) is 22.2. The van der Waals surface area contributed by atoms with Gasteiger partial charge in [-0.05, 0) is 58.1 Å². The standard InChI is InChI=1S/C24H31F3N4/c1-15-11-18(30-17(3)19-5-4-6-20(22(19)25)23(26)27)12-21(29-15)31-10-8-24(14-31)7-9-28-16(2)13-24/h4-6,11-12,16-17,23,28H,7-10,13-14H2,1-3H3,(H,29,30)/t16?,17?,24-/m1/s1. The highest BCUT2D eigenvalue weighted by atomic mass is 19.3. The van der Waals surface area contributed by atoms with E-state index in [1.54, 1.807) is 13.0 Å². The number of nitrogens with zero attached hydrogens (tertiary/aromatic N) is 2. The fourth-order valence-electron chi connectivity index (χ4n) is 5.20. The summed E-state index contributed by atoms with van der Waals surface area (Å²) in [5, 5.41) is 6.82. The zero-order valence-corrected chi connectivity index (χ0v) is 18.4. The summed E-state index contributed by atoms with van der Waals surface area (Å²) in [6.45, 7) is 9.00. The molecule has 1 aromatic heterocycles. The van der Waals surface area contributed by atoms with Crippen molar-refractivity contribution < 1.29 is 13.2 Å². The van der Waals surface area contributed by atoms with Crippen molar-refractivity contribution in [3.8, 4) is 0 Å². The van der Waals surface area contributed by atoms with Crippen LogP contribution in [0.5, 0.6) is 0 Å². The molecular weight excluding hydrogens is 401 g/mol. The van der Waals surface area contributed by atoms with E-state index in [9.17, 15) is 13.2 Å². The van der Waals surface area contributed by atoms with Gasteiger partial charge in [0.2, 0.25) is 0 Å². The molecule has 3 atom stereocenters. The van der Waals surface area contributed by atoms with E-state index < -0.39 is 23.8 Å². The minimum Gasteiger partial charge on any atom is -0.378 e. The predicted molar refractivity (Wildman–Crippen MR) is 118 cm³/mol. The van der Waals surface area contributed by atoms with E-state index in [-0.39, 0.29) is 5.56 Å². The van der Waals surface area contributed by atoms with E-state index in [1.165, 1.54) is 25.3 Å². The molecule has 7 heteroatoms. The van der Waals surface area contributed by atoms with Crippen LogP contribution in [0.15, 0.2) is 30.3 Å². The molecule has 2 aromatic rings. The van der Waals surface area contributed by atoms with E-state index in [1.807, 2.05) is 19.1 Å². The van der Waals surface area contributed by atoms with Gasteiger partial charge in [0.25, 0.3) is 6.43 Å². The first kappa shape index (κ1) is 21.9. The Hall–Kier alpha value is -2.28. The number of alkyl halides is 2. The SMILES string of the molecule is Cc1cc(NC(C)c2cccc(C(F)F)c2F)cc(N2CC[C@@]3(CCNC(C)C3)C2)n1. The highest BCUT2D eigenvalue weighted by Gasteiger charge is 2.41. The Balaban J connectivity index is 1.52. The molecule has 3 heterocycles. The number of rotatable bonds is 5. The number of hydrogen-bond donors (Lipinski definition) is 2. The smallest absolute Gasteiger partial charge is 0.266 e. The minimum absolute atomic E-state index is 0.234. The molecule has 2 fully saturated rings. The molecule has 1 aromatic carbocycles. The van der Waals surface area contributed by atoms with E-state index >= 15 is 0 Å². The molecular formula is C24H31F3N4. The van der Waals surface area contributed by atoms with Gasteiger partial charge in [0, 0.05) is 42.1 Å². The molecule has 168 valence electrons. The molecule has 0 aliphatic carbocycles. The second-order valence-corrected chi connectivity index (χ2v) is 9.25. The number of halogens is 3. The quantitative estimate of drug-likeness (QED) is 0.645. The van der Waals surface area contributed by atoms with Crippen LogP contribution in [0.25, 0.3) is 0 Å². The van der Waals surface area contributed by atoms with Gasteiger partial charge in [0.1, 0.15) is 11.6 Å². The van der Waals surface area contributed by atoms with Gasteiger partial charge >= 0.3 is 0 Å². The van der Waals surface area contributed by atoms with Crippen LogP contribution in [0.2, 0.25) is 0 Å². The van der Waals surface area contributed by atoms with Crippen LogP contribution >= 0.6 is 0 Å². The lowest BCUT2D eigenvalue weighted by Gasteiger charge is -2.37. The molecule has 1 spiro atoms. The number of benzene rings is 1. The monoisotopic (exact) mass is 432 g/mol. The third kappa shape index (κ3) is 4.66. The second kappa shape index (κ2) is 8.69. The van der Waals surface area contributed by atoms with Crippen molar-refractivity contribution in [2.45, 2.75) is 58.5 Å². The summed E-state index contributed by atoms with van der Waals surface area (Å²) >= 11 is 0. The average Bonchev–Trinajstić information content (AvgIpc) is 3.10. The summed E-state index contributed by atoms with van der Waals surface area (Å²) in [7, 11) is 0. The normalized spacial score (nSPS) is 24.7. The van der Waals surface area contributed by atoms with Gasteiger partial charge in [0.05, 0.1) is 11.6 Å². The maximum atomic E-state index is 14.6. The molecule has 0 radical (unpaired) electrons. The van der Waals surface area contributed by atoms with Crippen molar-refractivity contribution in [3.63, 3.8) is 0 Å². The topological polar surface area (TPSA) is 40.2 Å². The Bertz CT molecular complexity index is 935. The van der Waals surface area contributed by atoms with Crippen LogP contribution < -0.4 is 15.5 Å². The molecule has 0 amide bonds. The predicted octanol–water partition coefficient (Wildman–Crippen LogP) is 5.61. The Labute approximate surface area is 182 Å². The molecule has 4 nitrogen and oxygen atoms in total. The average molecular weight is 433 g/mol. The number of nitrogens with one attached hydrogen (secondary N) is 2. The zero-order valence-electron chi connectivity index (χ0n) is 18.4. The van der Waals surface area contributed by atoms with Crippen LogP contribution in [0.4, 0.5) is 24.7 Å². The fourth-order valence-corrected chi connectivity index (χ4v) is 5.20. The highest BCUT2D eigenvalue weighted by Crippen LogP contribution is 2.42. The minimum atomic E-state index is -2.83.